The fourth-order valence-electron chi connectivity index (χ4n) is 3.22. The fraction of sp³-hybridized carbons (Fsp3) is 0.417. The van der Waals surface area contributed by atoms with E-state index >= 15 is 0 Å². The molecule has 0 heterocycles. The number of carbonyl (C=O) groups is 2. The Kier molecular flexibility index (Phi) is 9.96. The molecule has 1 N–H and O–H groups in total. The molecular formula is C24H31BrClN3O4S. The van der Waals surface area contributed by atoms with Crippen LogP contribution in [-0.4, -0.2) is 50.5 Å². The predicted octanol–water partition coefficient (Wildman–Crippen LogP) is 4.37. The molecule has 2 aromatic rings. The third kappa shape index (κ3) is 7.99. The summed E-state index contributed by atoms with van der Waals surface area (Å²) in [6, 6.07) is 11.4. The van der Waals surface area contributed by atoms with Gasteiger partial charge in [0.25, 0.3) is 0 Å². The van der Waals surface area contributed by atoms with E-state index in [0.717, 1.165) is 26.2 Å². The molecule has 0 bridgehead atoms. The van der Waals surface area contributed by atoms with E-state index in [2.05, 4.69) is 21.2 Å². The maximum atomic E-state index is 13.5. The van der Waals surface area contributed by atoms with Crippen LogP contribution in [0.25, 0.3) is 0 Å². The lowest BCUT2D eigenvalue weighted by Crippen LogP contribution is -2.51. The van der Waals surface area contributed by atoms with Gasteiger partial charge in [0.15, 0.2) is 0 Å². The van der Waals surface area contributed by atoms with E-state index in [4.69, 9.17) is 11.6 Å². The first-order valence-corrected chi connectivity index (χ1v) is 13.9. The van der Waals surface area contributed by atoms with Crippen LogP contribution in [0.2, 0.25) is 5.02 Å². The van der Waals surface area contributed by atoms with Crippen molar-refractivity contribution >= 4 is 55.1 Å². The quantitative estimate of drug-likeness (QED) is 0.458. The Bertz CT molecular complexity index is 1140. The maximum Gasteiger partial charge on any atom is 0.244 e. The van der Waals surface area contributed by atoms with Gasteiger partial charge in [-0.1, -0.05) is 59.6 Å². The lowest BCUT2D eigenvalue weighted by atomic mass is 10.1. The van der Waals surface area contributed by atoms with E-state index in [1.807, 2.05) is 38.1 Å². The van der Waals surface area contributed by atoms with Crippen LogP contribution in [0.1, 0.15) is 31.9 Å². The second kappa shape index (κ2) is 12.0. The summed E-state index contributed by atoms with van der Waals surface area (Å²) >= 11 is 9.63. The molecule has 10 heteroatoms. The normalized spacial score (nSPS) is 12.4. The number of amides is 2. The Balaban J connectivity index is 2.39. The van der Waals surface area contributed by atoms with Crippen LogP contribution in [0.3, 0.4) is 0 Å². The van der Waals surface area contributed by atoms with Crippen molar-refractivity contribution in [1.29, 1.82) is 0 Å². The van der Waals surface area contributed by atoms with Crippen molar-refractivity contribution < 1.29 is 18.0 Å². The maximum absolute atomic E-state index is 13.5. The summed E-state index contributed by atoms with van der Waals surface area (Å²) in [7, 11) is -3.80. The average molecular weight is 573 g/mol. The molecule has 1 atom stereocenters. The third-order valence-corrected chi connectivity index (χ3v) is 7.26. The van der Waals surface area contributed by atoms with Crippen molar-refractivity contribution in [3.63, 3.8) is 0 Å². The van der Waals surface area contributed by atoms with Crippen molar-refractivity contribution in [3.05, 3.63) is 63.1 Å². The zero-order chi connectivity index (χ0) is 25.6. The number of anilines is 1. The third-order valence-electron chi connectivity index (χ3n) is 5.22. The van der Waals surface area contributed by atoms with Crippen LogP contribution in [0, 0.1) is 12.8 Å². The van der Waals surface area contributed by atoms with E-state index in [9.17, 15) is 18.0 Å². The number of rotatable bonds is 10. The number of hydrogen-bond donors (Lipinski definition) is 1. The molecule has 0 aliphatic rings. The molecule has 0 unspecified atom stereocenters. The molecule has 2 rings (SSSR count). The minimum Gasteiger partial charge on any atom is -0.354 e. The lowest BCUT2D eigenvalue weighted by Gasteiger charge is -2.31. The standard InChI is InChI=1S/C24H31BrClN3O4S/c1-16(2)13-27-24(31)18(4)28(14-19-7-6-8-20(25)11-19)23(30)15-29(34(5,32)33)21-10-9-17(3)22(26)12-21/h6-12,16,18H,13-15H2,1-5H3,(H,27,31)/t18-/m1/s1. The summed E-state index contributed by atoms with van der Waals surface area (Å²) in [5, 5.41) is 3.25. The first-order chi connectivity index (χ1) is 15.8. The number of carbonyl (C=O) groups excluding carboxylic acids is 2. The van der Waals surface area contributed by atoms with Crippen LogP contribution < -0.4 is 9.62 Å². The molecule has 0 spiro atoms. The topological polar surface area (TPSA) is 86.8 Å². The first-order valence-electron chi connectivity index (χ1n) is 10.8. The van der Waals surface area contributed by atoms with E-state index in [-0.39, 0.29) is 24.1 Å². The van der Waals surface area contributed by atoms with Gasteiger partial charge in [-0.15, -0.1) is 0 Å². The molecule has 0 aliphatic heterocycles. The van der Waals surface area contributed by atoms with Gasteiger partial charge in [0.1, 0.15) is 12.6 Å². The number of aryl methyl sites for hydroxylation is 1. The van der Waals surface area contributed by atoms with Crippen LogP contribution in [-0.2, 0) is 26.2 Å². The second-order valence-corrected chi connectivity index (χ2v) is 11.9. The number of sulfonamides is 1. The predicted molar refractivity (Wildman–Crippen MR) is 140 cm³/mol. The van der Waals surface area contributed by atoms with Gasteiger partial charge >= 0.3 is 0 Å². The summed E-state index contributed by atoms with van der Waals surface area (Å²) in [5.74, 6) is -0.562. The summed E-state index contributed by atoms with van der Waals surface area (Å²) in [6.45, 7) is 7.55. The van der Waals surface area contributed by atoms with Gasteiger partial charge in [0.2, 0.25) is 21.8 Å². The Hall–Kier alpha value is -2.10. The highest BCUT2D eigenvalue weighted by Crippen LogP contribution is 2.25. The Morgan fingerprint density at radius 3 is 2.35 bits per heavy atom. The minimum atomic E-state index is -3.80. The smallest absolute Gasteiger partial charge is 0.244 e. The monoisotopic (exact) mass is 571 g/mol. The Morgan fingerprint density at radius 1 is 1.12 bits per heavy atom. The van der Waals surface area contributed by atoms with Gasteiger partial charge < -0.3 is 10.2 Å². The molecular weight excluding hydrogens is 542 g/mol. The van der Waals surface area contributed by atoms with Crippen molar-refractivity contribution in [2.45, 2.75) is 40.3 Å². The number of hydrogen-bond acceptors (Lipinski definition) is 4. The molecule has 0 aromatic heterocycles. The molecule has 0 aliphatic carbocycles. The molecule has 0 fully saturated rings. The van der Waals surface area contributed by atoms with E-state index in [1.54, 1.807) is 26.0 Å². The molecule has 186 valence electrons. The summed E-state index contributed by atoms with van der Waals surface area (Å²) < 4.78 is 27.0. The highest BCUT2D eigenvalue weighted by molar-refractivity contribution is 9.10. The largest absolute Gasteiger partial charge is 0.354 e. The highest BCUT2D eigenvalue weighted by Gasteiger charge is 2.30. The summed E-state index contributed by atoms with van der Waals surface area (Å²) in [4.78, 5) is 27.7. The lowest BCUT2D eigenvalue weighted by molar-refractivity contribution is -0.139. The second-order valence-electron chi connectivity index (χ2n) is 8.67. The zero-order valence-corrected chi connectivity index (χ0v) is 23.2. The highest BCUT2D eigenvalue weighted by atomic mass is 79.9. The average Bonchev–Trinajstić information content (AvgIpc) is 2.74. The van der Waals surface area contributed by atoms with Crippen molar-refractivity contribution in [3.8, 4) is 0 Å². The summed E-state index contributed by atoms with van der Waals surface area (Å²) in [5.41, 5.74) is 1.87. The van der Waals surface area contributed by atoms with Crippen LogP contribution in [0.4, 0.5) is 5.69 Å². The van der Waals surface area contributed by atoms with Crippen molar-refractivity contribution in [1.82, 2.24) is 10.2 Å². The Morgan fingerprint density at radius 2 is 1.79 bits per heavy atom. The first kappa shape index (κ1) is 28.1. The van der Waals surface area contributed by atoms with E-state index in [1.165, 1.54) is 11.0 Å². The van der Waals surface area contributed by atoms with Crippen LogP contribution in [0.5, 0.6) is 0 Å². The number of halogens is 2. The van der Waals surface area contributed by atoms with Gasteiger partial charge in [-0.2, -0.15) is 0 Å². The van der Waals surface area contributed by atoms with Crippen LogP contribution >= 0.6 is 27.5 Å². The Labute approximate surface area is 215 Å². The number of nitrogens with zero attached hydrogens (tertiary/aromatic N) is 2. The van der Waals surface area contributed by atoms with Gasteiger partial charge in [0.05, 0.1) is 11.9 Å². The number of nitrogens with one attached hydrogen (secondary N) is 1. The molecule has 0 radical (unpaired) electrons. The molecule has 2 aromatic carbocycles. The molecule has 34 heavy (non-hydrogen) atoms. The molecule has 2 amide bonds. The van der Waals surface area contributed by atoms with Gasteiger partial charge in [-0.05, 0) is 55.2 Å². The number of benzene rings is 2. The van der Waals surface area contributed by atoms with Crippen molar-refractivity contribution in [2.24, 2.45) is 5.92 Å². The van der Waals surface area contributed by atoms with E-state index in [0.29, 0.717) is 11.6 Å². The van der Waals surface area contributed by atoms with E-state index < -0.39 is 28.5 Å². The van der Waals surface area contributed by atoms with Gasteiger partial charge in [-0.25, -0.2) is 8.42 Å². The zero-order valence-electron chi connectivity index (χ0n) is 20.0. The van der Waals surface area contributed by atoms with Crippen molar-refractivity contribution in [2.75, 3.05) is 23.7 Å². The SMILES string of the molecule is Cc1ccc(N(CC(=O)N(Cc2cccc(Br)c2)[C@H](C)C(=O)NCC(C)C)S(C)(=O)=O)cc1Cl. The minimum absolute atomic E-state index is 0.140. The molecule has 0 saturated heterocycles. The molecule has 0 saturated carbocycles. The summed E-state index contributed by atoms with van der Waals surface area (Å²) in [6.07, 6.45) is 1.03. The molecule has 7 nitrogen and oxygen atoms in total. The van der Waals surface area contributed by atoms with Crippen LogP contribution in [0.15, 0.2) is 46.9 Å². The van der Waals surface area contributed by atoms with Gasteiger partial charge in [-0.3, -0.25) is 13.9 Å². The fourth-order valence-corrected chi connectivity index (χ4v) is 4.68. The van der Waals surface area contributed by atoms with Gasteiger partial charge in [0, 0.05) is 22.6 Å².